The van der Waals surface area contributed by atoms with Crippen LogP contribution in [0.3, 0.4) is 0 Å². The summed E-state index contributed by atoms with van der Waals surface area (Å²) in [6, 6.07) is 13.6. The Balaban J connectivity index is 1.59. The number of benzene rings is 2. The summed E-state index contributed by atoms with van der Waals surface area (Å²) >= 11 is 0. The van der Waals surface area contributed by atoms with Gasteiger partial charge in [0, 0.05) is 31.0 Å². The predicted molar refractivity (Wildman–Crippen MR) is 92.2 cm³/mol. The zero-order valence-corrected chi connectivity index (χ0v) is 14.6. The van der Waals surface area contributed by atoms with E-state index < -0.39 is 12.6 Å². The molecule has 2 aliphatic heterocycles. The first-order chi connectivity index (χ1) is 12.6. The molecule has 2 aromatic rings. The van der Waals surface area contributed by atoms with Crippen LogP contribution in [0.2, 0.25) is 0 Å². The fourth-order valence-electron chi connectivity index (χ4n) is 3.38. The second-order valence-corrected chi connectivity index (χ2v) is 6.32. The Morgan fingerprint density at radius 1 is 1.23 bits per heavy atom. The quantitative estimate of drug-likeness (QED) is 0.766. The SMILES string of the molecule is COc1cc(OCc2ccccc2)c2c(c1)O[C@H]1O[C@H](OC(C)=O)C[C@@H]21. The van der Waals surface area contributed by atoms with Gasteiger partial charge in [0.05, 0.1) is 13.0 Å². The average molecular weight is 356 g/mol. The van der Waals surface area contributed by atoms with Gasteiger partial charge in [0.15, 0.2) is 0 Å². The standard InChI is InChI=1S/C20H20O6/c1-12(21)24-18-10-15-19-16(23-11-13-6-4-3-5-7-13)8-14(22-2)9-17(19)25-20(15)26-18/h3-9,15,18,20H,10-11H2,1-2H3/t15-,18-,20-/m0/s1. The number of esters is 1. The van der Waals surface area contributed by atoms with Crippen LogP contribution in [0.1, 0.15) is 30.4 Å². The summed E-state index contributed by atoms with van der Waals surface area (Å²) in [5.74, 6) is 1.62. The van der Waals surface area contributed by atoms with Crippen molar-refractivity contribution in [1.29, 1.82) is 0 Å². The van der Waals surface area contributed by atoms with Crippen molar-refractivity contribution in [2.45, 2.75) is 38.4 Å². The molecule has 0 spiro atoms. The number of hydrogen-bond acceptors (Lipinski definition) is 6. The molecule has 6 nitrogen and oxygen atoms in total. The summed E-state index contributed by atoms with van der Waals surface area (Å²) in [5.41, 5.74) is 2.00. The van der Waals surface area contributed by atoms with Gasteiger partial charge < -0.3 is 23.7 Å². The maximum atomic E-state index is 11.2. The Kier molecular flexibility index (Phi) is 4.42. The van der Waals surface area contributed by atoms with Crippen LogP contribution in [-0.2, 0) is 20.9 Å². The van der Waals surface area contributed by atoms with Gasteiger partial charge in [-0.25, -0.2) is 0 Å². The van der Waals surface area contributed by atoms with Gasteiger partial charge >= 0.3 is 5.97 Å². The van der Waals surface area contributed by atoms with Crippen molar-refractivity contribution < 1.29 is 28.5 Å². The Morgan fingerprint density at radius 3 is 2.77 bits per heavy atom. The largest absolute Gasteiger partial charge is 0.496 e. The van der Waals surface area contributed by atoms with Crippen LogP contribution >= 0.6 is 0 Å². The van der Waals surface area contributed by atoms with E-state index in [1.54, 1.807) is 7.11 Å². The summed E-state index contributed by atoms with van der Waals surface area (Å²) in [7, 11) is 1.60. The van der Waals surface area contributed by atoms with Crippen LogP contribution in [0.25, 0.3) is 0 Å². The highest BCUT2D eigenvalue weighted by Crippen LogP contribution is 2.52. The number of carbonyl (C=O) groups is 1. The van der Waals surface area contributed by atoms with E-state index in [9.17, 15) is 4.79 Å². The molecule has 0 radical (unpaired) electrons. The maximum absolute atomic E-state index is 11.2. The van der Waals surface area contributed by atoms with E-state index in [0.29, 0.717) is 30.3 Å². The normalized spacial score (nSPS) is 22.9. The molecule has 0 N–H and O–H groups in total. The highest BCUT2D eigenvalue weighted by Gasteiger charge is 2.47. The molecule has 2 heterocycles. The molecule has 26 heavy (non-hydrogen) atoms. The molecule has 3 atom stereocenters. The van der Waals surface area contributed by atoms with Crippen molar-refractivity contribution in [1.82, 2.24) is 0 Å². The van der Waals surface area contributed by atoms with Crippen molar-refractivity contribution in [3.8, 4) is 17.2 Å². The lowest BCUT2D eigenvalue weighted by atomic mass is 9.97. The third kappa shape index (κ3) is 3.20. The van der Waals surface area contributed by atoms with Crippen LogP contribution in [0.15, 0.2) is 42.5 Å². The van der Waals surface area contributed by atoms with Crippen molar-refractivity contribution >= 4 is 5.97 Å². The first-order valence-corrected chi connectivity index (χ1v) is 8.52. The molecule has 0 bridgehead atoms. The van der Waals surface area contributed by atoms with E-state index in [0.717, 1.165) is 11.1 Å². The lowest BCUT2D eigenvalue weighted by Crippen LogP contribution is -2.19. The Hall–Kier alpha value is -2.73. The molecular weight excluding hydrogens is 336 g/mol. The van der Waals surface area contributed by atoms with Gasteiger partial charge in [0.25, 0.3) is 0 Å². The van der Waals surface area contributed by atoms with Gasteiger partial charge in [-0.15, -0.1) is 0 Å². The molecule has 0 unspecified atom stereocenters. The lowest BCUT2D eigenvalue weighted by molar-refractivity contribution is -0.188. The predicted octanol–water partition coefficient (Wildman–Crippen LogP) is 3.39. The number of ether oxygens (including phenoxy) is 5. The zero-order chi connectivity index (χ0) is 18.1. The first-order valence-electron chi connectivity index (χ1n) is 8.52. The number of carbonyl (C=O) groups excluding carboxylic acids is 1. The molecule has 6 heteroatoms. The van der Waals surface area contributed by atoms with Crippen molar-refractivity contribution in [2.24, 2.45) is 0 Å². The van der Waals surface area contributed by atoms with Crippen LogP contribution in [0.5, 0.6) is 17.2 Å². The van der Waals surface area contributed by atoms with Gasteiger partial charge in [0.1, 0.15) is 23.9 Å². The first kappa shape index (κ1) is 16.7. The second kappa shape index (κ2) is 6.88. The number of methoxy groups -OCH3 is 1. The minimum Gasteiger partial charge on any atom is -0.496 e. The molecule has 0 aliphatic carbocycles. The maximum Gasteiger partial charge on any atom is 0.304 e. The third-order valence-electron chi connectivity index (χ3n) is 4.52. The number of hydrogen-bond donors (Lipinski definition) is 0. The van der Waals surface area contributed by atoms with Crippen LogP contribution < -0.4 is 14.2 Å². The van der Waals surface area contributed by atoms with Crippen LogP contribution in [-0.4, -0.2) is 25.7 Å². The van der Waals surface area contributed by atoms with Crippen LogP contribution in [0.4, 0.5) is 0 Å². The monoisotopic (exact) mass is 356 g/mol. The van der Waals surface area contributed by atoms with E-state index in [2.05, 4.69) is 0 Å². The van der Waals surface area contributed by atoms with E-state index in [-0.39, 0.29) is 11.9 Å². The summed E-state index contributed by atoms with van der Waals surface area (Å²) in [5, 5.41) is 0. The minimum absolute atomic E-state index is 0.0500. The molecule has 2 aromatic carbocycles. The van der Waals surface area contributed by atoms with E-state index in [1.807, 2.05) is 42.5 Å². The van der Waals surface area contributed by atoms with Gasteiger partial charge in [-0.2, -0.15) is 0 Å². The fourth-order valence-corrected chi connectivity index (χ4v) is 3.38. The van der Waals surface area contributed by atoms with Crippen molar-refractivity contribution in [3.05, 3.63) is 53.6 Å². The lowest BCUT2D eigenvalue weighted by Gasteiger charge is -2.15. The molecule has 1 saturated heterocycles. The fraction of sp³-hybridized carbons (Fsp3) is 0.350. The number of fused-ring (bicyclic) bond motifs is 3. The van der Waals surface area contributed by atoms with E-state index >= 15 is 0 Å². The summed E-state index contributed by atoms with van der Waals surface area (Å²) in [6.07, 6.45) is -0.550. The number of rotatable bonds is 5. The molecule has 136 valence electrons. The van der Waals surface area contributed by atoms with Gasteiger partial charge in [-0.1, -0.05) is 30.3 Å². The summed E-state index contributed by atoms with van der Waals surface area (Å²) in [6.45, 7) is 1.80. The molecule has 0 aromatic heterocycles. The Labute approximate surface area is 151 Å². The Bertz CT molecular complexity index is 803. The summed E-state index contributed by atoms with van der Waals surface area (Å²) < 4.78 is 28.2. The molecule has 2 aliphatic rings. The summed E-state index contributed by atoms with van der Waals surface area (Å²) in [4.78, 5) is 11.2. The van der Waals surface area contributed by atoms with E-state index in [4.69, 9.17) is 23.7 Å². The topological polar surface area (TPSA) is 63.2 Å². The van der Waals surface area contributed by atoms with Crippen LogP contribution in [0, 0.1) is 0 Å². The highest BCUT2D eigenvalue weighted by atomic mass is 16.8. The average Bonchev–Trinajstić information content (AvgIpc) is 3.16. The Morgan fingerprint density at radius 2 is 2.04 bits per heavy atom. The van der Waals surface area contributed by atoms with Crippen molar-refractivity contribution in [3.63, 3.8) is 0 Å². The second-order valence-electron chi connectivity index (χ2n) is 6.32. The minimum atomic E-state index is -0.597. The van der Waals surface area contributed by atoms with Gasteiger partial charge in [-0.05, 0) is 5.56 Å². The van der Waals surface area contributed by atoms with E-state index in [1.165, 1.54) is 6.92 Å². The molecule has 4 rings (SSSR count). The smallest absolute Gasteiger partial charge is 0.304 e. The van der Waals surface area contributed by atoms with Gasteiger partial charge in [-0.3, -0.25) is 4.79 Å². The molecular formula is C20H20O6. The molecule has 0 saturated carbocycles. The third-order valence-corrected chi connectivity index (χ3v) is 4.52. The molecule has 0 amide bonds. The highest BCUT2D eigenvalue weighted by molar-refractivity contribution is 5.66. The zero-order valence-electron chi connectivity index (χ0n) is 14.6. The van der Waals surface area contributed by atoms with Crippen molar-refractivity contribution in [2.75, 3.05) is 7.11 Å². The van der Waals surface area contributed by atoms with Gasteiger partial charge in [0.2, 0.25) is 12.6 Å². The molecule has 1 fully saturated rings.